The van der Waals surface area contributed by atoms with Crippen molar-refractivity contribution in [3.63, 3.8) is 0 Å². The van der Waals surface area contributed by atoms with Crippen LogP contribution in [-0.2, 0) is 9.47 Å². The fourth-order valence-electron chi connectivity index (χ4n) is 9.57. The number of rotatable bonds is 12. The van der Waals surface area contributed by atoms with Gasteiger partial charge in [0, 0.05) is 62.2 Å². The number of hydrogen-bond acceptors (Lipinski definition) is 9. The van der Waals surface area contributed by atoms with Crippen molar-refractivity contribution in [2.24, 2.45) is 29.4 Å². The van der Waals surface area contributed by atoms with Gasteiger partial charge >= 0.3 is 12.2 Å². The Morgan fingerprint density at radius 3 is 1.20 bits per heavy atom. The van der Waals surface area contributed by atoms with Crippen LogP contribution in [0, 0.1) is 59.7 Å². The highest BCUT2D eigenvalue weighted by Crippen LogP contribution is 2.33. The molecule has 0 bridgehead atoms. The molecule has 4 aliphatic rings. The molecule has 4 aromatic rings. The molecule has 0 spiro atoms. The van der Waals surface area contributed by atoms with E-state index in [1.165, 1.54) is 170 Å². The van der Waals surface area contributed by atoms with E-state index < -0.39 is 23.4 Å². The molecule has 4 aromatic carbocycles. The first-order valence-electron chi connectivity index (χ1n) is 30.7. The maximum atomic E-state index is 11.6. The quantitative estimate of drug-likeness (QED) is 0.0482. The minimum Gasteiger partial charge on any atom is -0.444 e. The van der Waals surface area contributed by atoms with Crippen molar-refractivity contribution in [2.75, 3.05) is 42.2 Å². The molecule has 7 nitrogen and oxygen atoms in total. The second-order valence-electron chi connectivity index (χ2n) is 23.8. The average molecular weight is 1490 g/mol. The Hall–Kier alpha value is -3.10. The molecule has 0 saturated heterocycles. The summed E-state index contributed by atoms with van der Waals surface area (Å²) in [6.07, 6.45) is 32.7. The molecule has 4 saturated carbocycles. The van der Waals surface area contributed by atoms with Crippen LogP contribution in [0.1, 0.15) is 211 Å². The first-order chi connectivity index (χ1) is 40.8. The normalized spacial score (nSPS) is 14.7. The van der Waals surface area contributed by atoms with Crippen LogP contribution in [0.15, 0.2) is 126 Å². The molecule has 14 heteroatoms. The summed E-state index contributed by atoms with van der Waals surface area (Å²) in [5.74, 6) is 21.9. The lowest BCUT2D eigenvalue weighted by molar-refractivity contribution is 0.0523. The predicted molar refractivity (Wildman–Crippen MR) is 408 cm³/mol. The number of nitrogens with two attached hydrogens (primary N) is 1. The molecule has 8 rings (SSSR count). The summed E-state index contributed by atoms with van der Waals surface area (Å²) in [6.45, 7) is 11.8. The van der Waals surface area contributed by atoms with Gasteiger partial charge in [0.15, 0.2) is 0 Å². The van der Waals surface area contributed by atoms with E-state index in [-0.39, 0.29) is 42.8 Å². The van der Waals surface area contributed by atoms with Gasteiger partial charge in [0.05, 0.1) is 19.6 Å². The minimum atomic E-state index is -0.485. The van der Waals surface area contributed by atoms with Gasteiger partial charge < -0.3 is 25.8 Å². The summed E-state index contributed by atoms with van der Waals surface area (Å²) in [7, 11) is 0. The molecule has 2 amide bonds. The molecule has 4 N–H and O–H groups in total. The number of amides is 2. The standard InChI is InChI=1S/C21H29NO2S.C16H21NS.C13H17BrS.C8H13NO2.C7H13Br.C6H5BrS.4CH4/c1-21(2,3)24-20(23)22-14-8-12-17-11-7-13-19(15-17)25-16-18-9-5-4-6-10-18;17-11-5-9-14-8-4-10-16(12-14)18-13-15-6-2-1-3-7-15;14-12-7-4-8-13(9-12)15-10-11-5-2-1-3-6-11;1-5-6-9-7(10)11-8(2,3)4;8-6-7-4-2-1-3-5-7;7-5-2-1-3-6(8)4-5;;;;/h7,11,13,15,18H,4-6,9-10,14,16H2,1-3H3,(H,22,23);4,8,10,12,15H,1-3,6-7,11,13,17H2;4,7-9,11H,1-3,5-6,10H2;1H,6H2,2-4H3,(H,9,10);7H,1-6H2;1-4,8H;4*1H4. The van der Waals surface area contributed by atoms with Crippen LogP contribution in [0.5, 0.6) is 0 Å². The Balaban J connectivity index is 0. The number of ether oxygens (including phenoxy) is 2. The van der Waals surface area contributed by atoms with Crippen LogP contribution in [0.3, 0.4) is 0 Å². The van der Waals surface area contributed by atoms with E-state index in [1.807, 2.05) is 92.5 Å². The third-order valence-corrected chi connectivity index (χ3v) is 19.7. The van der Waals surface area contributed by atoms with Gasteiger partial charge in [-0.25, -0.2) is 9.59 Å². The fraction of sp³-hybridized carbons (Fsp3) is 0.573. The van der Waals surface area contributed by atoms with Gasteiger partial charge in [-0.15, -0.1) is 54.3 Å². The molecule has 0 aromatic heterocycles. The van der Waals surface area contributed by atoms with Crippen molar-refractivity contribution in [1.29, 1.82) is 0 Å². The zero-order valence-electron chi connectivity index (χ0n) is 51.7. The summed E-state index contributed by atoms with van der Waals surface area (Å²) in [6, 6.07) is 33.3. The first-order valence-corrected chi connectivity index (χ1v) is 36.8. The SMILES string of the molecule is BrCC1CCCCC1.Brc1cccc(SCC2CCCCC2)c1.C.C.C.C.C#CCNC(=O)OC(C)(C)C.CC(C)(C)OC(=O)NCC#Cc1cccc(SCC2CCCCC2)c1.NCC#Cc1cccc(SCC2CCCCC2)c1.Sc1cccc(Br)c1. The lowest BCUT2D eigenvalue weighted by atomic mass is 9.91. The van der Waals surface area contributed by atoms with E-state index in [0.29, 0.717) is 6.54 Å². The number of nitrogens with one attached hydrogen (secondary N) is 2. The third-order valence-electron chi connectivity index (χ3n) is 13.9. The molecule has 0 aliphatic heterocycles. The van der Waals surface area contributed by atoms with Gasteiger partial charge in [-0.05, 0) is 189 Å². The summed E-state index contributed by atoms with van der Waals surface area (Å²) < 4.78 is 12.3. The summed E-state index contributed by atoms with van der Waals surface area (Å²) in [4.78, 5) is 27.3. The number of alkyl carbamates (subject to hydrolysis) is 2. The monoisotopic (exact) mass is 1490 g/mol. The number of thioether (sulfide) groups is 3. The molecule has 4 fully saturated rings. The Morgan fingerprint density at radius 1 is 0.528 bits per heavy atom. The predicted octanol–water partition coefficient (Wildman–Crippen LogP) is 23.4. The highest BCUT2D eigenvalue weighted by atomic mass is 79.9. The van der Waals surface area contributed by atoms with E-state index in [4.69, 9.17) is 21.6 Å². The third kappa shape index (κ3) is 47.4. The summed E-state index contributed by atoms with van der Waals surface area (Å²) in [5, 5.41) is 6.27. The van der Waals surface area contributed by atoms with Gasteiger partial charge in [0.1, 0.15) is 11.2 Å². The smallest absolute Gasteiger partial charge is 0.408 e. The van der Waals surface area contributed by atoms with Crippen LogP contribution in [-0.4, -0.2) is 65.6 Å². The van der Waals surface area contributed by atoms with Crippen LogP contribution in [0.25, 0.3) is 0 Å². The van der Waals surface area contributed by atoms with Crippen LogP contribution < -0.4 is 16.4 Å². The van der Waals surface area contributed by atoms with Crippen molar-refractivity contribution in [3.8, 4) is 36.0 Å². The zero-order valence-corrected chi connectivity index (χ0v) is 59.8. The number of terminal acetylenes is 1. The van der Waals surface area contributed by atoms with Gasteiger partial charge in [-0.2, -0.15) is 0 Å². The van der Waals surface area contributed by atoms with Gasteiger partial charge in [0.2, 0.25) is 0 Å². The van der Waals surface area contributed by atoms with Crippen molar-refractivity contribution < 1.29 is 19.1 Å². The van der Waals surface area contributed by atoms with Crippen LogP contribution in [0.4, 0.5) is 9.59 Å². The molecule has 0 heterocycles. The summed E-state index contributed by atoms with van der Waals surface area (Å²) >= 11 is 20.4. The number of carbonyl (C=O) groups excluding carboxylic acids is 2. The van der Waals surface area contributed by atoms with Crippen molar-refractivity contribution >= 4 is 108 Å². The number of alkyl halides is 1. The number of carbonyl (C=O) groups is 2. The van der Waals surface area contributed by atoms with E-state index in [2.05, 4.69) is 161 Å². The summed E-state index contributed by atoms with van der Waals surface area (Å²) in [5.41, 5.74) is 6.51. The lowest BCUT2D eigenvalue weighted by Crippen LogP contribution is -2.32. The molecule has 4 aliphatic carbocycles. The largest absolute Gasteiger partial charge is 0.444 e. The maximum Gasteiger partial charge on any atom is 0.408 e. The second-order valence-corrected chi connectivity index (χ2v) is 30.1. The zero-order chi connectivity index (χ0) is 62.0. The molecule has 0 unspecified atom stereocenters. The topological polar surface area (TPSA) is 103 Å². The Labute approximate surface area is 587 Å². The number of hydrogen-bond donors (Lipinski definition) is 4. The number of benzene rings is 4. The number of thiol groups is 1. The van der Waals surface area contributed by atoms with Crippen molar-refractivity contribution in [2.45, 2.75) is 230 Å². The first kappa shape index (κ1) is 88.0. The van der Waals surface area contributed by atoms with Crippen molar-refractivity contribution in [1.82, 2.24) is 10.6 Å². The highest BCUT2D eigenvalue weighted by molar-refractivity contribution is 9.10. The maximum absolute atomic E-state index is 11.6. The van der Waals surface area contributed by atoms with E-state index in [9.17, 15) is 9.59 Å². The van der Waals surface area contributed by atoms with Gasteiger partial charge in [-0.1, -0.05) is 208 Å². The highest BCUT2D eigenvalue weighted by Gasteiger charge is 2.18. The number of halogens is 3. The Kier molecular flexibility index (Phi) is 52.7. The minimum absolute atomic E-state index is 0. The molecule has 0 atom stereocenters. The molecular weight excluding hydrogens is 1370 g/mol. The van der Waals surface area contributed by atoms with Crippen LogP contribution in [0.2, 0.25) is 0 Å². The van der Waals surface area contributed by atoms with Crippen molar-refractivity contribution in [3.05, 3.63) is 117 Å². The average Bonchev–Trinajstić information content (AvgIpc) is 3.56. The van der Waals surface area contributed by atoms with Gasteiger partial charge in [0.25, 0.3) is 0 Å². The Bertz CT molecular complexity index is 2630. The molecule has 0 radical (unpaired) electrons. The van der Waals surface area contributed by atoms with E-state index >= 15 is 0 Å². The lowest BCUT2D eigenvalue weighted by Gasteiger charge is -2.20. The molecule has 89 heavy (non-hydrogen) atoms. The molecular formula is C75H114Br3N3O4S4. The van der Waals surface area contributed by atoms with Gasteiger partial charge in [-0.3, -0.25) is 0 Å². The molecule has 498 valence electrons. The second kappa shape index (κ2) is 53.3. The van der Waals surface area contributed by atoms with E-state index in [1.54, 1.807) is 20.8 Å². The fourth-order valence-corrected chi connectivity index (χ4v) is 15.0. The van der Waals surface area contributed by atoms with Crippen LogP contribution >= 0.6 is 95.7 Å². The Morgan fingerprint density at radius 2 is 0.876 bits per heavy atom. The van der Waals surface area contributed by atoms with E-state index in [0.717, 1.165) is 44.2 Å².